The van der Waals surface area contributed by atoms with Crippen molar-refractivity contribution < 1.29 is 5.11 Å². The van der Waals surface area contributed by atoms with E-state index in [4.69, 9.17) is 5.11 Å². The minimum Gasteiger partial charge on any atom is -0.396 e. The summed E-state index contributed by atoms with van der Waals surface area (Å²) < 4.78 is 0. The number of aliphatic hydroxyl groups excluding tert-OH is 1. The summed E-state index contributed by atoms with van der Waals surface area (Å²) in [7, 11) is 0. The zero-order chi connectivity index (χ0) is 5.28. The molecule has 0 aromatic carbocycles. The average Bonchev–Trinajstić information content (AvgIpc) is 2.43. The van der Waals surface area contributed by atoms with E-state index < -0.39 is 0 Å². The monoisotopic (exact) mass is 98.1 g/mol. The normalized spacial score (nSPS) is 34.0. The van der Waals surface area contributed by atoms with Gasteiger partial charge >= 0.3 is 0 Å². The molecule has 0 bridgehead atoms. The Kier molecular flexibility index (Phi) is 1.15. The van der Waals surface area contributed by atoms with E-state index in [9.17, 15) is 0 Å². The van der Waals surface area contributed by atoms with Crippen LogP contribution in [0.1, 0.15) is 13.3 Å². The van der Waals surface area contributed by atoms with E-state index in [-0.39, 0.29) is 0 Å². The fourth-order valence-electron chi connectivity index (χ4n) is 0.761. The maximum Gasteiger partial charge on any atom is 0.0499 e. The summed E-state index contributed by atoms with van der Waals surface area (Å²) in [6.45, 7) is 2.37. The van der Waals surface area contributed by atoms with Crippen molar-refractivity contribution in [2.45, 2.75) is 13.3 Å². The summed E-state index contributed by atoms with van der Waals surface area (Å²) in [5.74, 6) is 0.532. The molecule has 1 unspecified atom stereocenters. The highest BCUT2D eigenvalue weighted by molar-refractivity contribution is 5.21. The maximum absolute atomic E-state index is 8.47. The van der Waals surface area contributed by atoms with Crippen LogP contribution in [0.4, 0.5) is 0 Å². The highest BCUT2D eigenvalue weighted by Gasteiger charge is 2.26. The third kappa shape index (κ3) is 0.829. The molecule has 0 radical (unpaired) electrons. The molecule has 7 heavy (non-hydrogen) atoms. The molecule has 1 aliphatic rings. The molecule has 0 saturated heterocycles. The Morgan fingerprint density at radius 2 is 2.71 bits per heavy atom. The lowest BCUT2D eigenvalue weighted by Gasteiger charge is -1.76. The van der Waals surface area contributed by atoms with Gasteiger partial charge in [0.05, 0.1) is 0 Å². The van der Waals surface area contributed by atoms with Crippen molar-refractivity contribution in [1.82, 2.24) is 0 Å². The van der Waals surface area contributed by atoms with E-state index in [0.717, 1.165) is 6.42 Å². The molecule has 40 valence electrons. The van der Waals surface area contributed by atoms with Crippen LogP contribution < -0.4 is 0 Å². The van der Waals surface area contributed by atoms with Crippen LogP contribution in [-0.2, 0) is 0 Å². The molecule has 1 heteroatoms. The van der Waals surface area contributed by atoms with Crippen LogP contribution >= 0.6 is 0 Å². The van der Waals surface area contributed by atoms with E-state index in [2.05, 4.69) is 6.08 Å². The lowest BCUT2D eigenvalue weighted by molar-refractivity contribution is 0.281. The first-order chi connectivity index (χ1) is 3.38. The molecule has 0 amide bonds. The van der Waals surface area contributed by atoms with Gasteiger partial charge in [-0.25, -0.2) is 0 Å². The molecule has 0 heterocycles. The van der Waals surface area contributed by atoms with E-state index in [0.29, 0.717) is 12.5 Å². The van der Waals surface area contributed by atoms with Gasteiger partial charge in [0.2, 0.25) is 0 Å². The highest BCUT2D eigenvalue weighted by atomic mass is 16.3. The third-order valence-corrected chi connectivity index (χ3v) is 1.44. The Balaban J connectivity index is 2.31. The Morgan fingerprint density at radius 1 is 2.00 bits per heavy atom. The Hall–Kier alpha value is -0.300. The van der Waals surface area contributed by atoms with Crippen LogP contribution in [0.3, 0.4) is 0 Å². The molecule has 0 aromatic heterocycles. The molecule has 0 aliphatic heterocycles. The molecule has 1 nitrogen and oxygen atoms in total. The minimum absolute atomic E-state index is 0.347. The standard InChI is InChI=1S/C6H10O/c1-2-5-3-6(5)4-7/h2,6-7H,3-4H2,1H3/b5-2-. The number of aliphatic hydroxyl groups is 1. The largest absolute Gasteiger partial charge is 0.396 e. The van der Waals surface area contributed by atoms with Crippen molar-refractivity contribution in [3.63, 3.8) is 0 Å². The summed E-state index contributed by atoms with van der Waals surface area (Å²) in [5, 5.41) is 8.47. The third-order valence-electron chi connectivity index (χ3n) is 1.44. The molecule has 1 saturated carbocycles. The molecule has 1 rings (SSSR count). The highest BCUT2D eigenvalue weighted by Crippen LogP contribution is 2.36. The van der Waals surface area contributed by atoms with Crippen LogP contribution in [0.15, 0.2) is 11.6 Å². The first-order valence-corrected chi connectivity index (χ1v) is 2.64. The predicted molar refractivity (Wildman–Crippen MR) is 28.9 cm³/mol. The van der Waals surface area contributed by atoms with Crippen LogP contribution in [0.5, 0.6) is 0 Å². The molecule has 1 atom stereocenters. The number of rotatable bonds is 1. The lowest BCUT2D eigenvalue weighted by Crippen LogP contribution is -1.80. The summed E-state index contributed by atoms with van der Waals surface area (Å²) in [5.41, 5.74) is 1.42. The Labute approximate surface area is 43.7 Å². The van der Waals surface area contributed by atoms with Gasteiger partial charge in [-0.1, -0.05) is 11.6 Å². The van der Waals surface area contributed by atoms with Gasteiger partial charge in [0, 0.05) is 12.5 Å². The fraction of sp³-hybridized carbons (Fsp3) is 0.667. The van der Waals surface area contributed by atoms with E-state index in [1.807, 2.05) is 6.92 Å². The second kappa shape index (κ2) is 1.66. The number of allylic oxidation sites excluding steroid dienone is 1. The van der Waals surface area contributed by atoms with Gasteiger partial charge in [0.1, 0.15) is 0 Å². The molecule has 0 aromatic rings. The molecule has 1 fully saturated rings. The molecular weight excluding hydrogens is 88.1 g/mol. The summed E-state index contributed by atoms with van der Waals surface area (Å²) in [6.07, 6.45) is 3.22. The molecular formula is C6H10O. The average molecular weight is 98.1 g/mol. The van der Waals surface area contributed by atoms with Crippen molar-refractivity contribution in [1.29, 1.82) is 0 Å². The van der Waals surface area contributed by atoms with Crippen molar-refractivity contribution in [2.75, 3.05) is 6.61 Å². The van der Waals surface area contributed by atoms with Gasteiger partial charge in [0.15, 0.2) is 0 Å². The van der Waals surface area contributed by atoms with Crippen molar-refractivity contribution >= 4 is 0 Å². The van der Waals surface area contributed by atoms with Crippen LogP contribution in [0.2, 0.25) is 0 Å². The van der Waals surface area contributed by atoms with E-state index in [1.165, 1.54) is 5.57 Å². The number of hydrogen-bond donors (Lipinski definition) is 1. The lowest BCUT2D eigenvalue weighted by atomic mass is 10.4. The van der Waals surface area contributed by atoms with Crippen LogP contribution in [-0.4, -0.2) is 11.7 Å². The summed E-state index contributed by atoms with van der Waals surface area (Å²) in [6, 6.07) is 0. The van der Waals surface area contributed by atoms with Crippen molar-refractivity contribution in [3.05, 3.63) is 11.6 Å². The smallest absolute Gasteiger partial charge is 0.0499 e. The zero-order valence-electron chi connectivity index (χ0n) is 4.52. The Morgan fingerprint density at radius 3 is 2.86 bits per heavy atom. The van der Waals surface area contributed by atoms with Crippen LogP contribution in [0, 0.1) is 5.92 Å². The second-order valence-electron chi connectivity index (χ2n) is 1.95. The van der Waals surface area contributed by atoms with Gasteiger partial charge in [0.25, 0.3) is 0 Å². The topological polar surface area (TPSA) is 20.2 Å². The first-order valence-electron chi connectivity index (χ1n) is 2.64. The molecule has 0 spiro atoms. The zero-order valence-corrected chi connectivity index (χ0v) is 4.52. The van der Waals surface area contributed by atoms with E-state index >= 15 is 0 Å². The number of hydrogen-bond acceptors (Lipinski definition) is 1. The van der Waals surface area contributed by atoms with Gasteiger partial charge < -0.3 is 5.11 Å². The fourth-order valence-corrected chi connectivity index (χ4v) is 0.761. The van der Waals surface area contributed by atoms with Crippen molar-refractivity contribution in [2.24, 2.45) is 5.92 Å². The summed E-state index contributed by atoms with van der Waals surface area (Å²) in [4.78, 5) is 0. The van der Waals surface area contributed by atoms with Crippen molar-refractivity contribution in [3.8, 4) is 0 Å². The van der Waals surface area contributed by atoms with E-state index in [1.54, 1.807) is 0 Å². The van der Waals surface area contributed by atoms with Crippen LogP contribution in [0.25, 0.3) is 0 Å². The summed E-state index contributed by atoms with van der Waals surface area (Å²) >= 11 is 0. The van der Waals surface area contributed by atoms with Gasteiger partial charge in [-0.3, -0.25) is 0 Å². The first kappa shape index (κ1) is 4.85. The molecule has 1 N–H and O–H groups in total. The SMILES string of the molecule is C/C=C1/CC1CO. The predicted octanol–water partition coefficient (Wildman–Crippen LogP) is 0.945. The second-order valence-corrected chi connectivity index (χ2v) is 1.95. The minimum atomic E-state index is 0.347. The molecule has 1 aliphatic carbocycles. The Bertz CT molecular complexity index is 94.4. The maximum atomic E-state index is 8.47. The quantitative estimate of drug-likeness (QED) is 0.484. The van der Waals surface area contributed by atoms with Gasteiger partial charge in [-0.15, -0.1) is 0 Å². The van der Waals surface area contributed by atoms with Gasteiger partial charge in [-0.2, -0.15) is 0 Å². The van der Waals surface area contributed by atoms with Gasteiger partial charge in [-0.05, 0) is 13.3 Å².